The zero-order chi connectivity index (χ0) is 11.9. The highest BCUT2D eigenvalue weighted by Gasteiger charge is 2.35. The minimum atomic E-state index is 0.842. The molecule has 5 nitrogen and oxygen atoms in total. The minimum absolute atomic E-state index is 0.842. The first-order valence-corrected chi connectivity index (χ1v) is 6.81. The molecule has 5 heteroatoms. The van der Waals surface area contributed by atoms with Crippen LogP contribution in [0.25, 0.3) is 11.0 Å². The lowest BCUT2D eigenvalue weighted by Crippen LogP contribution is -2.21. The Morgan fingerprint density at radius 2 is 1.89 bits per heavy atom. The molecule has 94 valence electrons. The average molecular weight is 243 g/mol. The summed E-state index contributed by atoms with van der Waals surface area (Å²) in [5, 5.41) is 8.04. The maximum Gasteiger partial charge on any atom is 0.160 e. The van der Waals surface area contributed by atoms with Crippen molar-refractivity contribution in [1.82, 2.24) is 20.2 Å². The summed E-state index contributed by atoms with van der Waals surface area (Å²) in [5.74, 6) is 2.80. The molecule has 1 aliphatic carbocycles. The van der Waals surface area contributed by atoms with Crippen LogP contribution in [0.5, 0.6) is 0 Å². The fraction of sp³-hybridized carbons (Fsp3) is 0.615. The zero-order valence-corrected chi connectivity index (χ0v) is 10.3. The Morgan fingerprint density at radius 3 is 2.67 bits per heavy atom. The summed E-state index contributed by atoms with van der Waals surface area (Å²) in [6.45, 7) is 2.31. The van der Waals surface area contributed by atoms with E-state index in [4.69, 9.17) is 0 Å². The van der Waals surface area contributed by atoms with Crippen molar-refractivity contribution in [1.29, 1.82) is 0 Å². The fourth-order valence-electron chi connectivity index (χ4n) is 3.58. The Balaban J connectivity index is 1.69. The smallest absolute Gasteiger partial charge is 0.160 e. The van der Waals surface area contributed by atoms with Gasteiger partial charge in [-0.05, 0) is 24.7 Å². The highest BCUT2D eigenvalue weighted by Crippen LogP contribution is 2.38. The Hall–Kier alpha value is -1.65. The third kappa shape index (κ3) is 1.50. The molecular formula is C13H17N5. The Morgan fingerprint density at radius 1 is 1.11 bits per heavy atom. The molecule has 2 aliphatic rings. The van der Waals surface area contributed by atoms with Crippen molar-refractivity contribution < 1.29 is 0 Å². The predicted octanol–water partition coefficient (Wildman–Crippen LogP) is 1.98. The SMILES string of the molecule is c1nc(N2C[C@H]3CCCC[C@@H]3C2)c2cn[nH]c2n1. The highest BCUT2D eigenvalue weighted by molar-refractivity contribution is 5.86. The van der Waals surface area contributed by atoms with Gasteiger partial charge in [0.25, 0.3) is 0 Å². The molecule has 0 spiro atoms. The van der Waals surface area contributed by atoms with Gasteiger partial charge in [-0.1, -0.05) is 12.8 Å². The number of aromatic amines is 1. The lowest BCUT2D eigenvalue weighted by Gasteiger charge is -2.22. The van der Waals surface area contributed by atoms with E-state index in [0.717, 1.165) is 41.8 Å². The molecule has 1 N–H and O–H groups in total. The van der Waals surface area contributed by atoms with Gasteiger partial charge in [0.1, 0.15) is 12.1 Å². The van der Waals surface area contributed by atoms with Crippen LogP contribution < -0.4 is 4.90 Å². The largest absolute Gasteiger partial charge is 0.355 e. The number of hydrogen-bond donors (Lipinski definition) is 1. The van der Waals surface area contributed by atoms with Gasteiger partial charge in [0.15, 0.2) is 5.65 Å². The second-order valence-corrected chi connectivity index (χ2v) is 5.54. The number of hydrogen-bond acceptors (Lipinski definition) is 4. The molecule has 1 saturated carbocycles. The molecule has 2 fully saturated rings. The van der Waals surface area contributed by atoms with Crippen molar-refractivity contribution in [3.05, 3.63) is 12.5 Å². The van der Waals surface area contributed by atoms with E-state index in [0.29, 0.717) is 0 Å². The first kappa shape index (κ1) is 10.3. The summed E-state index contributed by atoms with van der Waals surface area (Å²) in [4.78, 5) is 11.1. The normalized spacial score (nSPS) is 27.7. The number of nitrogens with zero attached hydrogens (tertiary/aromatic N) is 4. The quantitative estimate of drug-likeness (QED) is 0.832. The van der Waals surface area contributed by atoms with Gasteiger partial charge in [0.05, 0.1) is 11.6 Å². The summed E-state index contributed by atoms with van der Waals surface area (Å²) >= 11 is 0. The lowest BCUT2D eigenvalue weighted by molar-refractivity contribution is 0.299. The Kier molecular flexibility index (Phi) is 2.25. The highest BCUT2D eigenvalue weighted by atomic mass is 15.2. The van der Waals surface area contributed by atoms with Crippen LogP contribution in [0.4, 0.5) is 5.82 Å². The van der Waals surface area contributed by atoms with E-state index in [1.165, 1.54) is 25.7 Å². The van der Waals surface area contributed by atoms with Crippen LogP contribution in [0.2, 0.25) is 0 Å². The van der Waals surface area contributed by atoms with Gasteiger partial charge >= 0.3 is 0 Å². The second kappa shape index (κ2) is 3.93. The molecule has 2 aromatic heterocycles. The molecule has 0 aromatic carbocycles. The van der Waals surface area contributed by atoms with Gasteiger partial charge in [0, 0.05) is 13.1 Å². The fourth-order valence-corrected chi connectivity index (χ4v) is 3.58. The maximum absolute atomic E-state index is 4.47. The van der Waals surface area contributed by atoms with Crippen LogP contribution in [0.15, 0.2) is 12.5 Å². The third-order valence-electron chi connectivity index (χ3n) is 4.50. The van der Waals surface area contributed by atoms with Crippen LogP contribution in [-0.2, 0) is 0 Å². The molecule has 0 bridgehead atoms. The van der Waals surface area contributed by atoms with Gasteiger partial charge < -0.3 is 4.90 Å². The molecule has 1 aliphatic heterocycles. The summed E-state index contributed by atoms with van der Waals surface area (Å²) in [6.07, 6.45) is 9.06. The zero-order valence-electron chi connectivity index (χ0n) is 10.3. The number of nitrogens with one attached hydrogen (secondary N) is 1. The molecule has 0 unspecified atom stereocenters. The first-order valence-electron chi connectivity index (χ1n) is 6.81. The summed E-state index contributed by atoms with van der Waals surface area (Å²) in [7, 11) is 0. The number of anilines is 1. The summed E-state index contributed by atoms with van der Waals surface area (Å²) in [5.41, 5.74) is 0.842. The summed E-state index contributed by atoms with van der Waals surface area (Å²) < 4.78 is 0. The molecule has 2 aromatic rings. The van der Waals surface area contributed by atoms with E-state index in [2.05, 4.69) is 25.1 Å². The van der Waals surface area contributed by atoms with E-state index in [1.807, 2.05) is 6.20 Å². The van der Waals surface area contributed by atoms with Crippen LogP contribution >= 0.6 is 0 Å². The van der Waals surface area contributed by atoms with E-state index in [1.54, 1.807) is 6.33 Å². The molecule has 0 amide bonds. The topological polar surface area (TPSA) is 57.7 Å². The van der Waals surface area contributed by atoms with E-state index < -0.39 is 0 Å². The minimum Gasteiger partial charge on any atom is -0.355 e. The van der Waals surface area contributed by atoms with Crippen molar-refractivity contribution in [2.24, 2.45) is 11.8 Å². The van der Waals surface area contributed by atoms with Crippen molar-refractivity contribution in [2.75, 3.05) is 18.0 Å². The van der Waals surface area contributed by atoms with Gasteiger partial charge in [-0.25, -0.2) is 9.97 Å². The first-order chi connectivity index (χ1) is 8.92. The molecule has 0 radical (unpaired) electrons. The maximum atomic E-state index is 4.47. The van der Waals surface area contributed by atoms with Crippen molar-refractivity contribution in [3.63, 3.8) is 0 Å². The van der Waals surface area contributed by atoms with Gasteiger partial charge in [-0.2, -0.15) is 5.10 Å². The van der Waals surface area contributed by atoms with Gasteiger partial charge in [0.2, 0.25) is 0 Å². The predicted molar refractivity (Wildman–Crippen MR) is 69.3 cm³/mol. The molecule has 1 saturated heterocycles. The Bertz CT molecular complexity index is 549. The second-order valence-electron chi connectivity index (χ2n) is 5.54. The number of aromatic nitrogens is 4. The van der Waals surface area contributed by atoms with Gasteiger partial charge in [-0.3, -0.25) is 5.10 Å². The Labute approximate surface area is 106 Å². The molecule has 4 rings (SSSR count). The van der Waals surface area contributed by atoms with E-state index >= 15 is 0 Å². The molecule has 3 heterocycles. The number of fused-ring (bicyclic) bond motifs is 2. The van der Waals surface area contributed by atoms with Crippen LogP contribution in [-0.4, -0.2) is 33.3 Å². The lowest BCUT2D eigenvalue weighted by atomic mass is 9.82. The van der Waals surface area contributed by atoms with E-state index in [9.17, 15) is 0 Å². The van der Waals surface area contributed by atoms with Crippen LogP contribution in [0, 0.1) is 11.8 Å². The van der Waals surface area contributed by atoms with Crippen molar-refractivity contribution >= 4 is 16.9 Å². The van der Waals surface area contributed by atoms with E-state index in [-0.39, 0.29) is 0 Å². The molecular weight excluding hydrogens is 226 g/mol. The molecule has 18 heavy (non-hydrogen) atoms. The third-order valence-corrected chi connectivity index (χ3v) is 4.50. The summed E-state index contributed by atoms with van der Waals surface area (Å²) in [6, 6.07) is 0. The average Bonchev–Trinajstić information content (AvgIpc) is 3.04. The van der Waals surface area contributed by atoms with Crippen LogP contribution in [0.1, 0.15) is 25.7 Å². The monoisotopic (exact) mass is 243 g/mol. The van der Waals surface area contributed by atoms with Gasteiger partial charge in [-0.15, -0.1) is 0 Å². The standard InChI is InChI=1S/C13H17N5/c1-2-4-10-7-18(6-9(10)3-1)13-11-5-16-17-12(11)14-8-15-13/h5,8-10H,1-4,6-7H2,(H,14,15,16,17)/t9-,10-/m1/s1. The molecule has 2 atom stereocenters. The number of rotatable bonds is 1. The van der Waals surface area contributed by atoms with Crippen LogP contribution in [0.3, 0.4) is 0 Å². The van der Waals surface area contributed by atoms with Crippen molar-refractivity contribution in [2.45, 2.75) is 25.7 Å². The number of H-pyrrole nitrogens is 1. The van der Waals surface area contributed by atoms with Crippen molar-refractivity contribution in [3.8, 4) is 0 Å².